The van der Waals surface area contributed by atoms with Crippen molar-refractivity contribution >= 4 is 27.3 Å². The van der Waals surface area contributed by atoms with Gasteiger partial charge in [0.1, 0.15) is 0 Å². The minimum atomic E-state index is 0.910. The predicted molar refractivity (Wildman–Crippen MR) is 44.0 cm³/mol. The van der Waals surface area contributed by atoms with E-state index in [9.17, 15) is 0 Å². The summed E-state index contributed by atoms with van der Waals surface area (Å²) in [7, 11) is 0. The number of halogens is 1. The van der Waals surface area contributed by atoms with E-state index in [1.165, 1.54) is 22.2 Å². The molecule has 0 radical (unpaired) electrons. The molecular weight excluding hydrogens is 196 g/mol. The van der Waals surface area contributed by atoms with Crippen LogP contribution in [-0.4, -0.2) is 0 Å². The lowest BCUT2D eigenvalue weighted by Crippen LogP contribution is -1.66. The minimum Gasteiger partial charge on any atom is -0.137 e. The number of rotatable bonds is 1. The van der Waals surface area contributed by atoms with Gasteiger partial charge < -0.3 is 0 Å². The molecular formula is C7H7BrS. The molecule has 0 amide bonds. The highest BCUT2D eigenvalue weighted by Crippen LogP contribution is 2.42. The summed E-state index contributed by atoms with van der Waals surface area (Å²) in [5, 5.41) is 2.25. The van der Waals surface area contributed by atoms with Gasteiger partial charge >= 0.3 is 0 Å². The Morgan fingerprint density at radius 2 is 2.33 bits per heavy atom. The van der Waals surface area contributed by atoms with Crippen molar-refractivity contribution in [2.75, 3.05) is 0 Å². The molecule has 0 nitrogen and oxygen atoms in total. The molecule has 1 aliphatic carbocycles. The van der Waals surface area contributed by atoms with Gasteiger partial charge in [-0.05, 0) is 51.7 Å². The van der Waals surface area contributed by atoms with Crippen LogP contribution in [0.1, 0.15) is 24.3 Å². The fraction of sp³-hybridized carbons (Fsp3) is 0.429. The molecule has 0 aliphatic heterocycles. The number of hydrogen-bond acceptors (Lipinski definition) is 1. The Labute approximate surface area is 67.0 Å². The fourth-order valence-electron chi connectivity index (χ4n) is 0.954. The zero-order valence-electron chi connectivity index (χ0n) is 4.93. The van der Waals surface area contributed by atoms with Gasteiger partial charge in [0.05, 0.1) is 3.79 Å². The van der Waals surface area contributed by atoms with E-state index in [0.29, 0.717) is 0 Å². The predicted octanol–water partition coefficient (Wildman–Crippen LogP) is 3.39. The van der Waals surface area contributed by atoms with E-state index in [1.807, 2.05) is 0 Å². The van der Waals surface area contributed by atoms with Gasteiger partial charge in [-0.2, -0.15) is 0 Å². The van der Waals surface area contributed by atoms with Crippen molar-refractivity contribution < 1.29 is 0 Å². The Morgan fingerprint density at radius 1 is 1.56 bits per heavy atom. The first-order valence-corrected chi connectivity index (χ1v) is 4.77. The molecule has 0 saturated heterocycles. The van der Waals surface area contributed by atoms with Gasteiger partial charge in [0.25, 0.3) is 0 Å². The van der Waals surface area contributed by atoms with Crippen molar-refractivity contribution in [3.8, 4) is 0 Å². The third-order valence-electron chi connectivity index (χ3n) is 1.64. The van der Waals surface area contributed by atoms with E-state index in [1.54, 1.807) is 11.3 Å². The first-order chi connectivity index (χ1) is 4.36. The topological polar surface area (TPSA) is 0 Å². The van der Waals surface area contributed by atoms with Crippen LogP contribution in [-0.2, 0) is 0 Å². The third kappa shape index (κ3) is 1.19. The van der Waals surface area contributed by atoms with Crippen LogP contribution < -0.4 is 0 Å². The van der Waals surface area contributed by atoms with Crippen LogP contribution >= 0.6 is 27.3 Å². The Morgan fingerprint density at radius 3 is 2.78 bits per heavy atom. The Bertz CT molecular complexity index is 212. The van der Waals surface area contributed by atoms with E-state index < -0.39 is 0 Å². The van der Waals surface area contributed by atoms with E-state index >= 15 is 0 Å². The molecule has 1 fully saturated rings. The van der Waals surface area contributed by atoms with E-state index in [2.05, 4.69) is 27.4 Å². The van der Waals surface area contributed by atoms with E-state index in [4.69, 9.17) is 0 Å². The van der Waals surface area contributed by atoms with Gasteiger partial charge in [0, 0.05) is 0 Å². The Balaban J connectivity index is 2.28. The number of thiophene rings is 1. The van der Waals surface area contributed by atoms with Crippen molar-refractivity contribution in [3.05, 3.63) is 20.8 Å². The quantitative estimate of drug-likeness (QED) is 0.656. The molecule has 48 valence electrons. The highest BCUT2D eigenvalue weighted by atomic mass is 79.9. The summed E-state index contributed by atoms with van der Waals surface area (Å²) < 4.78 is 1.27. The molecule has 2 heteroatoms. The lowest BCUT2D eigenvalue weighted by Gasteiger charge is -1.83. The largest absolute Gasteiger partial charge is 0.137 e. The third-order valence-corrected chi connectivity index (χ3v) is 3.16. The van der Waals surface area contributed by atoms with Gasteiger partial charge in [-0.1, -0.05) is 0 Å². The molecule has 1 aliphatic rings. The second-order valence-electron chi connectivity index (χ2n) is 2.46. The fourth-order valence-corrected chi connectivity index (χ4v) is 2.21. The normalized spacial score (nSPS) is 18.3. The van der Waals surface area contributed by atoms with Crippen molar-refractivity contribution in [2.45, 2.75) is 18.8 Å². The highest BCUT2D eigenvalue weighted by molar-refractivity contribution is 9.11. The van der Waals surface area contributed by atoms with E-state index in [0.717, 1.165) is 5.92 Å². The van der Waals surface area contributed by atoms with Crippen LogP contribution in [0.2, 0.25) is 0 Å². The summed E-state index contributed by atoms with van der Waals surface area (Å²) in [6.45, 7) is 0. The summed E-state index contributed by atoms with van der Waals surface area (Å²) in [5.41, 5.74) is 1.53. The summed E-state index contributed by atoms with van der Waals surface area (Å²) >= 11 is 5.24. The first-order valence-electron chi connectivity index (χ1n) is 3.10. The monoisotopic (exact) mass is 202 g/mol. The second kappa shape index (κ2) is 2.10. The Hall–Kier alpha value is 0.180. The van der Waals surface area contributed by atoms with Gasteiger partial charge in [-0.3, -0.25) is 0 Å². The zero-order chi connectivity index (χ0) is 6.27. The maximum absolute atomic E-state index is 3.45. The molecule has 2 rings (SSSR count). The highest BCUT2D eigenvalue weighted by Gasteiger charge is 2.23. The molecule has 0 aromatic carbocycles. The molecule has 1 aromatic rings. The lowest BCUT2D eigenvalue weighted by molar-refractivity contribution is 1.15. The smallest absolute Gasteiger partial charge is 0.0701 e. The van der Waals surface area contributed by atoms with Crippen LogP contribution in [0.15, 0.2) is 15.2 Å². The van der Waals surface area contributed by atoms with Crippen molar-refractivity contribution in [2.24, 2.45) is 0 Å². The molecule has 0 spiro atoms. The molecule has 1 heterocycles. The van der Waals surface area contributed by atoms with Crippen LogP contribution in [0, 0.1) is 0 Å². The van der Waals surface area contributed by atoms with Gasteiger partial charge in [-0.15, -0.1) is 11.3 Å². The van der Waals surface area contributed by atoms with Crippen molar-refractivity contribution in [1.82, 2.24) is 0 Å². The van der Waals surface area contributed by atoms with Crippen LogP contribution in [0.25, 0.3) is 0 Å². The Kier molecular flexibility index (Phi) is 1.38. The summed E-state index contributed by atoms with van der Waals surface area (Å²) in [4.78, 5) is 0. The van der Waals surface area contributed by atoms with Gasteiger partial charge in [0.2, 0.25) is 0 Å². The number of hydrogen-bond donors (Lipinski definition) is 0. The molecule has 0 N–H and O–H groups in total. The molecule has 0 bridgehead atoms. The average molecular weight is 203 g/mol. The van der Waals surface area contributed by atoms with Crippen LogP contribution in [0.5, 0.6) is 0 Å². The molecule has 0 atom stereocenters. The van der Waals surface area contributed by atoms with Crippen LogP contribution in [0.3, 0.4) is 0 Å². The van der Waals surface area contributed by atoms with Crippen molar-refractivity contribution in [1.29, 1.82) is 0 Å². The van der Waals surface area contributed by atoms with Crippen LogP contribution in [0.4, 0.5) is 0 Å². The average Bonchev–Trinajstić information content (AvgIpc) is 2.58. The van der Waals surface area contributed by atoms with Crippen molar-refractivity contribution in [3.63, 3.8) is 0 Å². The maximum atomic E-state index is 3.45. The summed E-state index contributed by atoms with van der Waals surface area (Å²) in [6.07, 6.45) is 2.81. The first kappa shape index (κ1) is 5.93. The lowest BCUT2D eigenvalue weighted by atomic mass is 10.2. The molecule has 1 aromatic heterocycles. The summed E-state index contributed by atoms with van der Waals surface area (Å²) in [5.74, 6) is 0.910. The minimum absolute atomic E-state index is 0.910. The second-order valence-corrected chi connectivity index (χ2v) is 4.75. The summed E-state index contributed by atoms with van der Waals surface area (Å²) in [6, 6.07) is 2.24. The van der Waals surface area contributed by atoms with E-state index in [-0.39, 0.29) is 0 Å². The molecule has 1 saturated carbocycles. The van der Waals surface area contributed by atoms with Gasteiger partial charge in [-0.25, -0.2) is 0 Å². The van der Waals surface area contributed by atoms with Gasteiger partial charge in [0.15, 0.2) is 0 Å². The standard InChI is InChI=1S/C7H7BrS/c8-7-3-6(4-9-7)5-1-2-5/h3-5H,1-2H2. The zero-order valence-corrected chi connectivity index (χ0v) is 7.33. The molecule has 0 unspecified atom stereocenters. The molecule has 9 heavy (non-hydrogen) atoms. The SMILES string of the molecule is Brc1cc(C2CC2)cs1. The maximum Gasteiger partial charge on any atom is 0.0701 e.